The smallest absolute Gasteiger partial charge is 0.0933 e. The second-order valence-corrected chi connectivity index (χ2v) is 6.32. The lowest BCUT2D eigenvalue weighted by molar-refractivity contribution is -0.0328. The maximum Gasteiger partial charge on any atom is 0.0933 e. The lowest BCUT2D eigenvalue weighted by atomic mass is 9.74. The van der Waals surface area contributed by atoms with Crippen LogP contribution < -0.4 is 5.48 Å². The van der Waals surface area contributed by atoms with E-state index in [-0.39, 0.29) is 0 Å². The molecule has 1 N–H and O–H groups in total. The van der Waals surface area contributed by atoms with Crippen molar-refractivity contribution in [2.45, 2.75) is 52.7 Å². The van der Waals surface area contributed by atoms with Crippen LogP contribution in [0.3, 0.4) is 0 Å². The van der Waals surface area contributed by atoms with E-state index in [1.54, 1.807) is 0 Å². The highest BCUT2D eigenvalue weighted by Crippen LogP contribution is 2.33. The maximum absolute atomic E-state index is 5.74. The van der Waals surface area contributed by atoms with Gasteiger partial charge < -0.3 is 0 Å². The van der Waals surface area contributed by atoms with E-state index < -0.39 is 0 Å². The van der Waals surface area contributed by atoms with Gasteiger partial charge in [-0.1, -0.05) is 57.5 Å². The summed E-state index contributed by atoms with van der Waals surface area (Å²) in [6.45, 7) is 7.65. The number of hydrogen-bond acceptors (Lipinski definition) is 2. The molecule has 0 amide bonds. The quantitative estimate of drug-likeness (QED) is 0.803. The van der Waals surface area contributed by atoms with E-state index in [9.17, 15) is 0 Å². The zero-order valence-electron chi connectivity index (χ0n) is 12.4. The molecule has 1 aliphatic carbocycles. The van der Waals surface area contributed by atoms with E-state index in [1.165, 1.54) is 24.8 Å². The third-order valence-electron chi connectivity index (χ3n) is 4.34. The van der Waals surface area contributed by atoms with Crippen LogP contribution in [-0.4, -0.2) is 6.04 Å². The van der Waals surface area contributed by atoms with E-state index in [0.717, 1.165) is 17.8 Å². The van der Waals surface area contributed by atoms with E-state index in [2.05, 4.69) is 50.5 Å². The fraction of sp³-hybridized carbons (Fsp3) is 0.647. The molecular weight excluding hydrogens is 234 g/mol. The Labute approximate surface area is 117 Å². The summed E-state index contributed by atoms with van der Waals surface area (Å²) in [4.78, 5) is 5.74. The number of nitrogens with one attached hydrogen (secondary N) is 1. The Morgan fingerprint density at radius 3 is 2.63 bits per heavy atom. The number of hydroxylamine groups is 1. The van der Waals surface area contributed by atoms with Crippen molar-refractivity contribution in [1.82, 2.24) is 5.48 Å². The summed E-state index contributed by atoms with van der Waals surface area (Å²) in [6.07, 6.45) is 3.92. The third-order valence-corrected chi connectivity index (χ3v) is 4.34. The standard InChI is InChI=1S/C17H27NO/c1-13(2)16-10-9-14(3)11-17(16)18-19-12-15-7-5-4-6-8-15/h4-8,13-14,16-18H,9-12H2,1-3H3. The summed E-state index contributed by atoms with van der Waals surface area (Å²) in [5, 5.41) is 0. The SMILES string of the molecule is CC1CCC(C(C)C)C(NOCc2ccccc2)C1. The molecule has 1 aromatic carbocycles. The van der Waals surface area contributed by atoms with Crippen LogP contribution in [0.25, 0.3) is 0 Å². The highest BCUT2D eigenvalue weighted by Gasteiger charge is 2.30. The van der Waals surface area contributed by atoms with Gasteiger partial charge in [0.15, 0.2) is 0 Å². The predicted octanol–water partition coefficient (Wildman–Crippen LogP) is 4.17. The minimum absolute atomic E-state index is 0.507. The number of benzene rings is 1. The zero-order valence-corrected chi connectivity index (χ0v) is 12.4. The van der Waals surface area contributed by atoms with Crippen molar-refractivity contribution >= 4 is 0 Å². The lowest BCUT2D eigenvalue weighted by Gasteiger charge is -2.37. The first kappa shape index (κ1) is 14.5. The summed E-state index contributed by atoms with van der Waals surface area (Å²) in [6, 6.07) is 10.9. The second kappa shape index (κ2) is 7.06. The van der Waals surface area contributed by atoms with Gasteiger partial charge in [-0.3, -0.25) is 4.84 Å². The maximum atomic E-state index is 5.74. The summed E-state index contributed by atoms with van der Waals surface area (Å²) in [5.74, 6) is 2.28. The zero-order chi connectivity index (χ0) is 13.7. The number of rotatable bonds is 5. The summed E-state index contributed by atoms with van der Waals surface area (Å²) < 4.78 is 0. The van der Waals surface area contributed by atoms with Crippen molar-refractivity contribution in [2.24, 2.45) is 17.8 Å². The molecule has 2 nitrogen and oxygen atoms in total. The topological polar surface area (TPSA) is 21.3 Å². The van der Waals surface area contributed by atoms with Gasteiger partial charge in [-0.2, -0.15) is 5.48 Å². The molecule has 1 aromatic rings. The van der Waals surface area contributed by atoms with Crippen LogP contribution in [0.5, 0.6) is 0 Å². The molecule has 2 heteroatoms. The lowest BCUT2D eigenvalue weighted by Crippen LogP contribution is -2.42. The molecule has 0 bridgehead atoms. The van der Waals surface area contributed by atoms with Crippen molar-refractivity contribution in [3.05, 3.63) is 35.9 Å². The van der Waals surface area contributed by atoms with Crippen LogP contribution in [-0.2, 0) is 11.4 Å². The van der Waals surface area contributed by atoms with Crippen LogP contribution in [0.1, 0.15) is 45.6 Å². The Morgan fingerprint density at radius 1 is 1.21 bits per heavy atom. The summed E-state index contributed by atoms with van der Waals surface area (Å²) in [5.41, 5.74) is 4.55. The first-order valence-electron chi connectivity index (χ1n) is 7.58. The molecule has 19 heavy (non-hydrogen) atoms. The van der Waals surface area contributed by atoms with Crippen molar-refractivity contribution in [2.75, 3.05) is 0 Å². The van der Waals surface area contributed by atoms with Gasteiger partial charge in [-0.25, -0.2) is 0 Å². The van der Waals surface area contributed by atoms with Gasteiger partial charge in [0.05, 0.1) is 6.61 Å². The fourth-order valence-electron chi connectivity index (χ4n) is 3.14. The minimum atomic E-state index is 0.507. The molecule has 0 aliphatic heterocycles. The van der Waals surface area contributed by atoms with Gasteiger partial charge in [-0.05, 0) is 36.2 Å². The average molecular weight is 261 g/mol. The Morgan fingerprint density at radius 2 is 1.95 bits per heavy atom. The Balaban J connectivity index is 1.82. The van der Waals surface area contributed by atoms with Crippen molar-refractivity contribution in [3.8, 4) is 0 Å². The third kappa shape index (κ3) is 4.32. The van der Waals surface area contributed by atoms with Crippen LogP contribution in [0.2, 0.25) is 0 Å². The summed E-state index contributed by atoms with van der Waals surface area (Å²) in [7, 11) is 0. The first-order chi connectivity index (χ1) is 9.16. The molecular formula is C17H27NO. The Kier molecular flexibility index (Phi) is 5.41. The Bertz CT molecular complexity index is 363. The molecule has 0 saturated heterocycles. The van der Waals surface area contributed by atoms with Crippen LogP contribution in [0.15, 0.2) is 30.3 Å². The first-order valence-corrected chi connectivity index (χ1v) is 7.58. The molecule has 3 unspecified atom stereocenters. The van der Waals surface area contributed by atoms with Gasteiger partial charge >= 0.3 is 0 Å². The van der Waals surface area contributed by atoms with Crippen molar-refractivity contribution in [3.63, 3.8) is 0 Å². The molecule has 1 saturated carbocycles. The molecule has 1 aliphatic rings. The minimum Gasteiger partial charge on any atom is -0.297 e. The van der Waals surface area contributed by atoms with E-state index in [4.69, 9.17) is 4.84 Å². The normalized spacial score (nSPS) is 27.7. The van der Waals surface area contributed by atoms with Crippen LogP contribution >= 0.6 is 0 Å². The van der Waals surface area contributed by atoms with Gasteiger partial charge in [0, 0.05) is 6.04 Å². The molecule has 1 fully saturated rings. The van der Waals surface area contributed by atoms with Crippen LogP contribution in [0.4, 0.5) is 0 Å². The predicted molar refractivity (Wildman–Crippen MR) is 79.5 cm³/mol. The van der Waals surface area contributed by atoms with Gasteiger partial charge in [0.2, 0.25) is 0 Å². The van der Waals surface area contributed by atoms with Crippen molar-refractivity contribution < 1.29 is 4.84 Å². The fourth-order valence-corrected chi connectivity index (χ4v) is 3.14. The molecule has 0 spiro atoms. The average Bonchev–Trinajstić information content (AvgIpc) is 2.39. The Hall–Kier alpha value is -0.860. The van der Waals surface area contributed by atoms with E-state index in [1.807, 2.05) is 6.07 Å². The van der Waals surface area contributed by atoms with Crippen LogP contribution in [0, 0.1) is 17.8 Å². The summed E-state index contributed by atoms with van der Waals surface area (Å²) >= 11 is 0. The van der Waals surface area contributed by atoms with Gasteiger partial charge in [0.25, 0.3) is 0 Å². The highest BCUT2D eigenvalue weighted by atomic mass is 16.6. The molecule has 2 rings (SSSR count). The largest absolute Gasteiger partial charge is 0.297 e. The van der Waals surface area contributed by atoms with Crippen molar-refractivity contribution in [1.29, 1.82) is 0 Å². The molecule has 3 atom stereocenters. The molecule has 0 radical (unpaired) electrons. The monoisotopic (exact) mass is 261 g/mol. The van der Waals surface area contributed by atoms with Gasteiger partial charge in [0.1, 0.15) is 0 Å². The van der Waals surface area contributed by atoms with Gasteiger partial charge in [-0.15, -0.1) is 0 Å². The van der Waals surface area contributed by atoms with E-state index in [0.29, 0.717) is 12.6 Å². The molecule has 106 valence electrons. The second-order valence-electron chi connectivity index (χ2n) is 6.32. The molecule has 0 heterocycles. The highest BCUT2D eigenvalue weighted by molar-refractivity contribution is 5.13. The number of hydrogen-bond donors (Lipinski definition) is 1. The van der Waals surface area contributed by atoms with E-state index >= 15 is 0 Å². The molecule has 0 aromatic heterocycles.